The third kappa shape index (κ3) is 2.44. The highest BCUT2D eigenvalue weighted by Gasteiger charge is 2.23. The van der Waals surface area contributed by atoms with Crippen molar-refractivity contribution in [2.45, 2.75) is 38.6 Å². The summed E-state index contributed by atoms with van der Waals surface area (Å²) >= 11 is 0. The fourth-order valence-corrected chi connectivity index (χ4v) is 2.48. The Morgan fingerprint density at radius 2 is 2.00 bits per heavy atom. The van der Waals surface area contributed by atoms with Gasteiger partial charge in [0.1, 0.15) is 0 Å². The lowest BCUT2D eigenvalue weighted by molar-refractivity contribution is 0.139. The van der Waals surface area contributed by atoms with Crippen molar-refractivity contribution in [3.05, 3.63) is 0 Å². The molecule has 1 atom stereocenters. The van der Waals surface area contributed by atoms with Crippen molar-refractivity contribution < 1.29 is 0 Å². The predicted octanol–water partition coefficient (Wildman–Crippen LogP) is 1.47. The summed E-state index contributed by atoms with van der Waals surface area (Å²) in [5.74, 6) is 1.06. The summed E-state index contributed by atoms with van der Waals surface area (Å²) in [7, 11) is 0. The molecule has 1 aliphatic carbocycles. The van der Waals surface area contributed by atoms with E-state index in [0.29, 0.717) is 0 Å². The van der Waals surface area contributed by atoms with E-state index in [2.05, 4.69) is 17.1 Å². The van der Waals surface area contributed by atoms with Crippen LogP contribution in [0.15, 0.2) is 0 Å². The Morgan fingerprint density at radius 1 is 1.31 bits per heavy atom. The molecule has 13 heavy (non-hydrogen) atoms. The van der Waals surface area contributed by atoms with Crippen LogP contribution in [0.4, 0.5) is 0 Å². The van der Waals surface area contributed by atoms with Crippen LogP contribution in [0.3, 0.4) is 0 Å². The van der Waals surface area contributed by atoms with Crippen LogP contribution in [-0.2, 0) is 0 Å². The molecule has 1 unspecified atom stereocenters. The molecule has 76 valence electrons. The third-order valence-corrected chi connectivity index (χ3v) is 3.67. The van der Waals surface area contributed by atoms with Crippen molar-refractivity contribution in [1.29, 1.82) is 0 Å². The molecular weight excluding hydrogens is 160 g/mol. The number of piperazine rings is 1. The second-order valence-corrected chi connectivity index (χ2v) is 4.67. The summed E-state index contributed by atoms with van der Waals surface area (Å²) in [4.78, 5) is 2.65. The number of hydrogen-bond donors (Lipinski definition) is 1. The Morgan fingerprint density at radius 3 is 2.54 bits per heavy atom. The maximum atomic E-state index is 3.41. The fraction of sp³-hybridized carbons (Fsp3) is 1.00. The van der Waals surface area contributed by atoms with Crippen molar-refractivity contribution >= 4 is 0 Å². The lowest BCUT2D eigenvalue weighted by atomic mass is 9.81. The molecule has 1 heterocycles. The molecule has 2 heteroatoms. The average molecular weight is 182 g/mol. The Balaban J connectivity index is 1.70. The normalized spacial score (nSPS) is 28.4. The van der Waals surface area contributed by atoms with Crippen molar-refractivity contribution in [2.75, 3.05) is 26.2 Å². The molecule has 2 rings (SSSR count). The predicted molar refractivity (Wildman–Crippen MR) is 55.9 cm³/mol. The number of nitrogens with one attached hydrogen (secondary N) is 1. The van der Waals surface area contributed by atoms with Gasteiger partial charge in [-0.2, -0.15) is 0 Å². The highest BCUT2D eigenvalue weighted by molar-refractivity contribution is 4.79. The van der Waals surface area contributed by atoms with Gasteiger partial charge in [0.2, 0.25) is 0 Å². The van der Waals surface area contributed by atoms with Crippen LogP contribution in [0.5, 0.6) is 0 Å². The van der Waals surface area contributed by atoms with Crippen molar-refractivity contribution in [3.63, 3.8) is 0 Å². The fourth-order valence-electron chi connectivity index (χ4n) is 2.48. The van der Waals surface area contributed by atoms with Gasteiger partial charge in [0.25, 0.3) is 0 Å². The molecule has 0 aromatic rings. The van der Waals surface area contributed by atoms with E-state index in [1.807, 2.05) is 0 Å². The zero-order valence-electron chi connectivity index (χ0n) is 8.76. The molecule has 0 aromatic heterocycles. The summed E-state index contributed by atoms with van der Waals surface area (Å²) < 4.78 is 0. The first-order valence-electron chi connectivity index (χ1n) is 5.81. The van der Waals surface area contributed by atoms with Crippen LogP contribution in [0.25, 0.3) is 0 Å². The van der Waals surface area contributed by atoms with Crippen LogP contribution in [0, 0.1) is 5.92 Å². The summed E-state index contributed by atoms with van der Waals surface area (Å²) in [5.41, 5.74) is 0. The summed E-state index contributed by atoms with van der Waals surface area (Å²) in [6, 6.07) is 0.826. The van der Waals surface area contributed by atoms with E-state index in [1.54, 1.807) is 0 Å². The molecule has 2 fully saturated rings. The summed E-state index contributed by atoms with van der Waals surface area (Å²) in [6.45, 7) is 7.30. The second-order valence-electron chi connectivity index (χ2n) is 4.67. The van der Waals surface area contributed by atoms with Crippen molar-refractivity contribution in [3.8, 4) is 0 Å². The first-order valence-corrected chi connectivity index (χ1v) is 5.81. The van der Waals surface area contributed by atoms with Crippen molar-refractivity contribution in [2.24, 2.45) is 5.92 Å². The van der Waals surface area contributed by atoms with Crippen LogP contribution in [0.1, 0.15) is 32.6 Å². The molecule has 0 spiro atoms. The largest absolute Gasteiger partial charge is 0.314 e. The minimum atomic E-state index is 0.826. The van der Waals surface area contributed by atoms with E-state index in [4.69, 9.17) is 0 Å². The van der Waals surface area contributed by atoms with E-state index in [0.717, 1.165) is 12.0 Å². The van der Waals surface area contributed by atoms with Crippen LogP contribution >= 0.6 is 0 Å². The molecule has 2 nitrogen and oxygen atoms in total. The number of nitrogens with zero attached hydrogens (tertiary/aromatic N) is 1. The van der Waals surface area contributed by atoms with Gasteiger partial charge in [-0.25, -0.2) is 0 Å². The van der Waals surface area contributed by atoms with E-state index < -0.39 is 0 Å². The maximum Gasteiger partial charge on any atom is 0.0110 e. The summed E-state index contributed by atoms with van der Waals surface area (Å²) in [5, 5.41) is 3.41. The lowest BCUT2D eigenvalue weighted by Crippen LogP contribution is -2.48. The van der Waals surface area contributed by atoms with Gasteiger partial charge in [-0.05, 0) is 19.3 Å². The Labute approximate surface area is 81.7 Å². The van der Waals surface area contributed by atoms with Gasteiger partial charge in [0.15, 0.2) is 0 Å². The molecule has 0 aromatic carbocycles. The van der Waals surface area contributed by atoms with Crippen molar-refractivity contribution in [1.82, 2.24) is 10.2 Å². The smallest absolute Gasteiger partial charge is 0.0110 e. The molecular formula is C11H22N2. The van der Waals surface area contributed by atoms with Gasteiger partial charge >= 0.3 is 0 Å². The van der Waals surface area contributed by atoms with Gasteiger partial charge in [-0.3, -0.25) is 4.90 Å². The Bertz CT molecular complexity index is 148. The molecule has 1 saturated carbocycles. The van der Waals surface area contributed by atoms with Gasteiger partial charge in [-0.15, -0.1) is 0 Å². The molecule has 1 N–H and O–H groups in total. The molecule has 0 bridgehead atoms. The van der Waals surface area contributed by atoms with Crippen LogP contribution in [0.2, 0.25) is 0 Å². The monoisotopic (exact) mass is 182 g/mol. The first-order chi connectivity index (χ1) is 6.36. The summed E-state index contributed by atoms with van der Waals surface area (Å²) in [6.07, 6.45) is 5.92. The van der Waals surface area contributed by atoms with E-state index >= 15 is 0 Å². The molecule has 1 saturated heterocycles. The van der Waals surface area contributed by atoms with E-state index in [9.17, 15) is 0 Å². The van der Waals surface area contributed by atoms with E-state index in [-0.39, 0.29) is 0 Å². The minimum absolute atomic E-state index is 0.826. The van der Waals surface area contributed by atoms with E-state index in [1.165, 1.54) is 51.9 Å². The highest BCUT2D eigenvalue weighted by Crippen LogP contribution is 2.31. The lowest BCUT2D eigenvalue weighted by Gasteiger charge is -2.36. The molecule has 2 aliphatic rings. The Kier molecular flexibility index (Phi) is 3.23. The molecule has 0 radical (unpaired) electrons. The van der Waals surface area contributed by atoms with Gasteiger partial charge in [-0.1, -0.05) is 19.3 Å². The standard InChI is InChI=1S/C11H22N2/c1-10(9-11-3-2-4-11)13-7-5-12-6-8-13/h10-12H,2-9H2,1H3. The SMILES string of the molecule is CC(CC1CCC1)N1CCNCC1. The zero-order valence-corrected chi connectivity index (χ0v) is 8.76. The van der Waals surface area contributed by atoms with Gasteiger partial charge in [0, 0.05) is 32.2 Å². The van der Waals surface area contributed by atoms with Gasteiger partial charge < -0.3 is 5.32 Å². The average Bonchev–Trinajstić information content (AvgIpc) is 2.12. The highest BCUT2D eigenvalue weighted by atomic mass is 15.2. The van der Waals surface area contributed by atoms with Gasteiger partial charge in [0.05, 0.1) is 0 Å². The molecule has 0 amide bonds. The quantitative estimate of drug-likeness (QED) is 0.711. The molecule has 1 aliphatic heterocycles. The number of rotatable bonds is 3. The minimum Gasteiger partial charge on any atom is -0.314 e. The zero-order chi connectivity index (χ0) is 9.10. The second kappa shape index (κ2) is 4.43. The van der Waals surface area contributed by atoms with Crippen LogP contribution < -0.4 is 5.32 Å². The Hall–Kier alpha value is -0.0800. The topological polar surface area (TPSA) is 15.3 Å². The third-order valence-electron chi connectivity index (χ3n) is 3.67. The first kappa shape index (κ1) is 9.47. The number of hydrogen-bond acceptors (Lipinski definition) is 2. The van der Waals surface area contributed by atoms with Crippen LogP contribution in [-0.4, -0.2) is 37.1 Å². The maximum absolute atomic E-state index is 3.41.